The maximum absolute atomic E-state index is 13.4. The summed E-state index contributed by atoms with van der Waals surface area (Å²) in [5.74, 6) is 0.0418. The van der Waals surface area contributed by atoms with Gasteiger partial charge in [-0.05, 0) is 60.0 Å². The lowest BCUT2D eigenvalue weighted by Crippen LogP contribution is -2.29. The Morgan fingerprint density at radius 1 is 1.11 bits per heavy atom. The van der Waals surface area contributed by atoms with E-state index in [2.05, 4.69) is 4.98 Å². The van der Waals surface area contributed by atoms with Crippen molar-refractivity contribution in [3.63, 3.8) is 0 Å². The smallest absolute Gasteiger partial charge is 0.295 e. The third kappa shape index (κ3) is 4.04. The fourth-order valence-electron chi connectivity index (χ4n) is 4.83. The summed E-state index contributed by atoms with van der Waals surface area (Å²) in [5.41, 5.74) is 2.78. The van der Waals surface area contributed by atoms with Gasteiger partial charge in [0.25, 0.3) is 11.7 Å². The van der Waals surface area contributed by atoms with Gasteiger partial charge in [-0.3, -0.25) is 14.6 Å². The molecule has 1 aromatic heterocycles. The van der Waals surface area contributed by atoms with Crippen molar-refractivity contribution < 1.29 is 28.9 Å². The van der Waals surface area contributed by atoms with Gasteiger partial charge in [0.15, 0.2) is 11.5 Å². The van der Waals surface area contributed by atoms with Crippen molar-refractivity contribution in [3.8, 4) is 17.2 Å². The van der Waals surface area contributed by atoms with Gasteiger partial charge in [0.1, 0.15) is 17.6 Å². The number of benzene rings is 2. The number of fused-ring (bicyclic) bond motifs is 1. The van der Waals surface area contributed by atoms with Crippen molar-refractivity contribution in [2.24, 2.45) is 0 Å². The van der Waals surface area contributed by atoms with Crippen molar-refractivity contribution in [3.05, 3.63) is 88.8 Å². The number of ether oxygens (including phenoxy) is 3. The molecule has 36 heavy (non-hydrogen) atoms. The summed E-state index contributed by atoms with van der Waals surface area (Å²) in [6.45, 7) is 2.12. The van der Waals surface area contributed by atoms with E-state index in [1.54, 1.807) is 48.8 Å². The number of aliphatic hydroxyl groups is 1. The van der Waals surface area contributed by atoms with E-state index in [4.69, 9.17) is 14.2 Å². The Labute approximate surface area is 208 Å². The first-order chi connectivity index (χ1) is 17.4. The average Bonchev–Trinajstić information content (AvgIpc) is 3.39. The minimum Gasteiger partial charge on any atom is -0.507 e. The molecule has 2 unspecified atom stereocenters. The number of carbonyl (C=O) groups excluding carboxylic acids is 2. The van der Waals surface area contributed by atoms with Gasteiger partial charge in [-0.25, -0.2) is 0 Å². The zero-order valence-electron chi connectivity index (χ0n) is 20.2. The number of aromatic nitrogens is 1. The molecule has 1 fully saturated rings. The Balaban J connectivity index is 1.65. The normalized spacial score (nSPS) is 20.2. The van der Waals surface area contributed by atoms with E-state index in [1.807, 2.05) is 19.1 Å². The fourth-order valence-corrected chi connectivity index (χ4v) is 4.83. The number of amides is 1. The average molecular weight is 487 g/mol. The van der Waals surface area contributed by atoms with Crippen molar-refractivity contribution in [1.82, 2.24) is 9.88 Å². The highest BCUT2D eigenvalue weighted by Gasteiger charge is 2.46. The van der Waals surface area contributed by atoms with E-state index in [9.17, 15) is 14.7 Å². The number of ketones is 1. The van der Waals surface area contributed by atoms with Gasteiger partial charge in [-0.15, -0.1) is 0 Å². The molecule has 1 amide bonds. The third-order valence-corrected chi connectivity index (χ3v) is 6.51. The van der Waals surface area contributed by atoms with Crippen LogP contribution in [-0.4, -0.2) is 47.0 Å². The molecular formula is C28H26N2O6. The van der Waals surface area contributed by atoms with Crippen molar-refractivity contribution >= 4 is 17.4 Å². The zero-order chi connectivity index (χ0) is 25.4. The van der Waals surface area contributed by atoms with E-state index in [0.29, 0.717) is 29.0 Å². The molecule has 8 heteroatoms. The number of Topliss-reactive ketones (excluding diaryl/α,β-unsaturated/α-hetero) is 1. The number of hydrogen-bond donors (Lipinski definition) is 1. The first-order valence-corrected chi connectivity index (χ1v) is 11.6. The largest absolute Gasteiger partial charge is 0.507 e. The number of aliphatic hydroxyl groups excluding tert-OH is 1. The highest BCUT2D eigenvalue weighted by atomic mass is 16.5. The minimum atomic E-state index is -0.839. The first-order valence-electron chi connectivity index (χ1n) is 11.6. The minimum absolute atomic E-state index is 0.0167. The summed E-state index contributed by atoms with van der Waals surface area (Å²) in [6.07, 6.45) is 4.02. The molecule has 5 rings (SSSR count). The number of hydrogen-bond acceptors (Lipinski definition) is 7. The van der Waals surface area contributed by atoms with Gasteiger partial charge >= 0.3 is 0 Å². The van der Waals surface area contributed by atoms with Crippen LogP contribution in [0.15, 0.2) is 66.5 Å². The van der Waals surface area contributed by atoms with Crippen LogP contribution in [0.4, 0.5) is 0 Å². The number of likely N-dealkylation sites (tertiary alicyclic amines) is 1. The molecule has 1 N–H and O–H groups in total. The highest BCUT2D eigenvalue weighted by molar-refractivity contribution is 6.46. The molecule has 184 valence electrons. The molecule has 2 aromatic carbocycles. The van der Waals surface area contributed by atoms with Gasteiger partial charge in [0.2, 0.25) is 0 Å². The molecule has 0 radical (unpaired) electrons. The van der Waals surface area contributed by atoms with E-state index in [-0.39, 0.29) is 24.0 Å². The van der Waals surface area contributed by atoms with Crippen LogP contribution >= 0.6 is 0 Å². The molecule has 0 saturated carbocycles. The zero-order valence-corrected chi connectivity index (χ0v) is 20.2. The van der Waals surface area contributed by atoms with Gasteiger partial charge in [-0.1, -0.05) is 12.1 Å². The second kappa shape index (κ2) is 9.37. The molecule has 1 saturated heterocycles. The van der Waals surface area contributed by atoms with Crippen LogP contribution in [0, 0.1) is 0 Å². The number of rotatable bonds is 6. The van der Waals surface area contributed by atoms with Crippen LogP contribution in [0.2, 0.25) is 0 Å². The summed E-state index contributed by atoms with van der Waals surface area (Å²) in [4.78, 5) is 32.2. The molecule has 2 aliphatic heterocycles. The van der Waals surface area contributed by atoms with Crippen LogP contribution in [-0.2, 0) is 22.6 Å². The summed E-state index contributed by atoms with van der Waals surface area (Å²) in [6, 6.07) is 13.3. The summed E-state index contributed by atoms with van der Waals surface area (Å²) in [5, 5.41) is 11.4. The maximum atomic E-state index is 13.4. The summed E-state index contributed by atoms with van der Waals surface area (Å²) < 4.78 is 16.6. The van der Waals surface area contributed by atoms with Crippen LogP contribution in [0.25, 0.3) is 5.76 Å². The standard InChI is InChI=1S/C28H26N2O6/c1-16-11-20-12-19(7-8-21(20)36-16)26(31)24-25(18-6-9-22(34-2)23(13-18)35-3)30(28(33)27(24)32)15-17-5-4-10-29-14-17/h4-10,12-14,16,25,31H,11,15H2,1-3H3. The van der Waals surface area contributed by atoms with Crippen molar-refractivity contribution in [2.45, 2.75) is 32.0 Å². The topological polar surface area (TPSA) is 98.2 Å². The van der Waals surface area contributed by atoms with Gasteiger partial charge in [0.05, 0.1) is 25.8 Å². The van der Waals surface area contributed by atoms with E-state index >= 15 is 0 Å². The molecule has 2 aliphatic rings. The van der Waals surface area contributed by atoms with Crippen LogP contribution in [0.5, 0.6) is 17.2 Å². The van der Waals surface area contributed by atoms with Crippen LogP contribution < -0.4 is 14.2 Å². The van der Waals surface area contributed by atoms with Crippen LogP contribution in [0.1, 0.15) is 35.2 Å². The van der Waals surface area contributed by atoms with Gasteiger partial charge in [0, 0.05) is 30.9 Å². The molecule has 3 heterocycles. The maximum Gasteiger partial charge on any atom is 0.295 e. The molecule has 2 atom stereocenters. The number of nitrogens with zero attached hydrogens (tertiary/aromatic N) is 2. The SMILES string of the molecule is COc1ccc(C2C(=C(O)c3ccc4c(c3)CC(C)O4)C(=O)C(=O)N2Cc2cccnc2)cc1OC. The fraction of sp³-hybridized carbons (Fsp3) is 0.250. The van der Waals surface area contributed by atoms with Gasteiger partial charge in [-0.2, -0.15) is 0 Å². The summed E-state index contributed by atoms with van der Waals surface area (Å²) in [7, 11) is 3.05. The Hall–Kier alpha value is -4.33. The Kier molecular flexibility index (Phi) is 6.10. The number of methoxy groups -OCH3 is 2. The van der Waals surface area contributed by atoms with Crippen LogP contribution in [0.3, 0.4) is 0 Å². The molecule has 8 nitrogen and oxygen atoms in total. The van der Waals surface area contributed by atoms with E-state index in [1.165, 1.54) is 19.1 Å². The second-order valence-corrected chi connectivity index (χ2v) is 8.86. The number of carbonyl (C=O) groups is 2. The lowest BCUT2D eigenvalue weighted by molar-refractivity contribution is -0.140. The van der Waals surface area contributed by atoms with E-state index in [0.717, 1.165) is 16.9 Å². The monoisotopic (exact) mass is 486 g/mol. The highest BCUT2D eigenvalue weighted by Crippen LogP contribution is 2.43. The van der Waals surface area contributed by atoms with E-state index < -0.39 is 17.7 Å². The lowest BCUT2D eigenvalue weighted by atomic mass is 9.94. The third-order valence-electron chi connectivity index (χ3n) is 6.51. The molecule has 3 aromatic rings. The summed E-state index contributed by atoms with van der Waals surface area (Å²) >= 11 is 0. The Bertz CT molecular complexity index is 1370. The van der Waals surface area contributed by atoms with Crippen molar-refractivity contribution in [2.75, 3.05) is 14.2 Å². The Morgan fingerprint density at radius 3 is 2.64 bits per heavy atom. The first kappa shape index (κ1) is 23.4. The Morgan fingerprint density at radius 2 is 1.92 bits per heavy atom. The molecular weight excluding hydrogens is 460 g/mol. The van der Waals surface area contributed by atoms with Gasteiger partial charge < -0.3 is 24.2 Å². The second-order valence-electron chi connectivity index (χ2n) is 8.86. The van der Waals surface area contributed by atoms with Crippen molar-refractivity contribution in [1.29, 1.82) is 0 Å². The molecule has 0 aliphatic carbocycles. The molecule has 0 bridgehead atoms. The number of pyridine rings is 1. The quantitative estimate of drug-likeness (QED) is 0.319. The molecule has 0 spiro atoms. The predicted molar refractivity (Wildman–Crippen MR) is 132 cm³/mol. The lowest BCUT2D eigenvalue weighted by Gasteiger charge is -2.26. The predicted octanol–water partition coefficient (Wildman–Crippen LogP) is 4.04.